The number of benzene rings is 5. The van der Waals surface area contributed by atoms with Crippen LogP contribution in [0.4, 0.5) is 30.2 Å². The highest BCUT2D eigenvalue weighted by Gasteiger charge is 2.49. The maximum absolute atomic E-state index is 14.5. The number of imide groups is 2. The van der Waals surface area contributed by atoms with E-state index in [9.17, 15) is 54.0 Å². The van der Waals surface area contributed by atoms with E-state index in [0.717, 1.165) is 105 Å². The normalized spacial score (nSPS) is 19.2. The summed E-state index contributed by atoms with van der Waals surface area (Å²) in [6, 6.07) is 29.5. The Hall–Kier alpha value is -6.80. The fraction of sp³-hybridized carbons (Fsp3) is 0.431. The van der Waals surface area contributed by atoms with E-state index in [0.29, 0.717) is 68.2 Å². The van der Waals surface area contributed by atoms with Crippen molar-refractivity contribution in [1.29, 1.82) is 0 Å². The molecule has 0 radical (unpaired) electrons. The first-order chi connectivity index (χ1) is 42.9. The summed E-state index contributed by atoms with van der Waals surface area (Å²) in [6.07, 6.45) is 6.15. The predicted octanol–water partition coefficient (Wildman–Crippen LogP) is 9.80. The van der Waals surface area contributed by atoms with E-state index in [1.54, 1.807) is 30.3 Å². The highest BCUT2D eigenvalue weighted by Crippen LogP contribution is 2.43. The van der Waals surface area contributed by atoms with Gasteiger partial charge in [-0.3, -0.25) is 39.1 Å². The fourth-order valence-corrected chi connectivity index (χ4v) is 15.6. The van der Waals surface area contributed by atoms with Crippen LogP contribution >= 0.6 is 23.4 Å². The van der Waals surface area contributed by atoms with Crippen LogP contribution in [0.5, 0.6) is 0 Å². The third-order valence-electron chi connectivity index (χ3n) is 17.5. The van der Waals surface area contributed by atoms with Crippen molar-refractivity contribution in [2.75, 3.05) is 99.8 Å². The number of piperazine rings is 2. The molecule has 10 rings (SSSR count). The third kappa shape index (κ3) is 15.9. The average molecular weight is 1320 g/mol. The molecule has 4 aliphatic heterocycles. The van der Waals surface area contributed by atoms with Crippen LogP contribution in [0.25, 0.3) is 5.57 Å². The summed E-state index contributed by atoms with van der Waals surface area (Å²) >= 11 is 7.65. The number of carbonyl (C=O) groups excluding carboxylic acids is 5. The number of fused-ring (bicyclic) bond motifs is 1. The van der Waals surface area contributed by atoms with E-state index < -0.39 is 82.5 Å². The first kappa shape index (κ1) is 66.1. The van der Waals surface area contributed by atoms with Crippen molar-refractivity contribution in [3.63, 3.8) is 0 Å². The van der Waals surface area contributed by atoms with E-state index in [-0.39, 0.29) is 34.9 Å². The third-order valence-corrected chi connectivity index (χ3v) is 21.8. The summed E-state index contributed by atoms with van der Waals surface area (Å²) in [5.41, 5.74) is -0.284. The summed E-state index contributed by atoms with van der Waals surface area (Å²) in [5.74, 6) is -2.98. The van der Waals surface area contributed by atoms with Crippen LogP contribution < -0.4 is 25.6 Å². The van der Waals surface area contributed by atoms with E-state index in [4.69, 9.17) is 11.6 Å². The predicted molar refractivity (Wildman–Crippen MR) is 343 cm³/mol. The maximum Gasteiger partial charge on any atom is 0.501 e. The van der Waals surface area contributed by atoms with E-state index in [1.807, 2.05) is 47.2 Å². The van der Waals surface area contributed by atoms with Gasteiger partial charge in [-0.1, -0.05) is 73.8 Å². The van der Waals surface area contributed by atoms with Crippen molar-refractivity contribution in [2.45, 2.75) is 104 Å². The Morgan fingerprint density at radius 3 is 2.13 bits per heavy atom. The minimum atomic E-state index is -6.14. The number of piperidine rings is 1. The second-order valence-corrected chi connectivity index (χ2v) is 29.5. The zero-order valence-corrected chi connectivity index (χ0v) is 53.5. The minimum Gasteiger partial charge on any atom is -0.384 e. The molecule has 90 heavy (non-hydrogen) atoms. The molecule has 5 aromatic rings. The van der Waals surface area contributed by atoms with Gasteiger partial charge in [-0.05, 0) is 147 Å². The first-order valence-electron chi connectivity index (χ1n) is 30.5. The Morgan fingerprint density at radius 1 is 0.756 bits per heavy atom. The SMILES string of the molecule is CC1(C)CCC(c2ccc(Cl)cc2)=C(CN2CCN(c3ccc(C(=O)NS(=O)(=O)c4ccc(N[C@H](CCN5CCN(CCCCCNc6cccc7c6C(=O)N([C@@H]6CCC(=O)NC6=O)C7=O)CC5)CSc5ccccc5)c(S(=O)(=O)C(F)(F)F)c4)cc3)CC2)C1. The van der Waals surface area contributed by atoms with Gasteiger partial charge in [0, 0.05) is 117 Å². The molecule has 0 bridgehead atoms. The Balaban J connectivity index is 0.718. The lowest BCUT2D eigenvalue weighted by atomic mass is 9.73. The standard InChI is InChI=1S/C65H75ClF3N9O9S3/c1-64(2)28-26-52(44-14-18-47(66)19-15-44)46(41-64)42-76-36-38-77(39-37-76)49-20-16-45(17-21-49)60(80)73-90(86,87)51-22-23-54(57(40-51)89(84,85)65(67,68)69)71-48(43-88-50-10-5-3-6-11-50)27-31-75-34-32-74(33-35-75)30-8-4-7-29-70-55-13-9-12-53-59(55)63(83)78(62(53)82)56-24-25-58(79)72-61(56)81/h3,5-6,9-23,40,48,56,70-71H,4,7-8,24-39,41-43H2,1-2H3,(H,73,80)(H,72,79,81)/t48-,56-/m1/s1. The first-order valence-corrected chi connectivity index (χ1v) is 34.8. The Labute approximate surface area is 533 Å². The summed E-state index contributed by atoms with van der Waals surface area (Å²) in [4.78, 5) is 73.5. The monoisotopic (exact) mass is 1310 g/mol. The molecule has 0 unspecified atom stereocenters. The zero-order chi connectivity index (χ0) is 64.0. The number of nitrogens with one attached hydrogen (secondary N) is 4. The quantitative estimate of drug-likeness (QED) is 0.0257. The number of alkyl halides is 3. The molecule has 5 aromatic carbocycles. The van der Waals surface area contributed by atoms with Crippen molar-refractivity contribution in [3.05, 3.63) is 148 Å². The lowest BCUT2D eigenvalue weighted by Gasteiger charge is -2.39. The Bertz CT molecular complexity index is 3730. The highest BCUT2D eigenvalue weighted by molar-refractivity contribution is 7.99. The molecule has 5 aliphatic rings. The minimum absolute atomic E-state index is 0.0247. The van der Waals surface area contributed by atoms with E-state index in [2.05, 4.69) is 61.5 Å². The van der Waals surface area contributed by atoms with Crippen LogP contribution in [0.15, 0.2) is 136 Å². The van der Waals surface area contributed by atoms with Crippen LogP contribution in [0.3, 0.4) is 0 Å². The van der Waals surface area contributed by atoms with E-state index >= 15 is 0 Å². The number of halogens is 4. The number of amides is 5. The van der Waals surface area contributed by atoms with Gasteiger partial charge in [-0.2, -0.15) is 13.2 Å². The number of anilines is 3. The zero-order valence-electron chi connectivity index (χ0n) is 50.3. The van der Waals surface area contributed by atoms with Crippen LogP contribution in [0, 0.1) is 5.41 Å². The lowest BCUT2D eigenvalue weighted by Crippen LogP contribution is -2.54. The van der Waals surface area contributed by atoms with Crippen LogP contribution in [-0.2, 0) is 29.4 Å². The smallest absolute Gasteiger partial charge is 0.384 e. The van der Waals surface area contributed by atoms with Gasteiger partial charge in [0.25, 0.3) is 37.6 Å². The molecule has 0 aromatic heterocycles. The number of rotatable bonds is 24. The summed E-state index contributed by atoms with van der Waals surface area (Å²) < 4.78 is 99.9. The van der Waals surface area contributed by atoms with Gasteiger partial charge in [0.15, 0.2) is 0 Å². The average Bonchev–Trinajstić information content (AvgIpc) is 1.53. The van der Waals surface area contributed by atoms with Gasteiger partial charge < -0.3 is 25.3 Å². The molecular formula is C65H75ClF3N9O9S3. The van der Waals surface area contributed by atoms with Crippen molar-refractivity contribution >= 4 is 95.4 Å². The van der Waals surface area contributed by atoms with Crippen molar-refractivity contribution in [3.8, 4) is 0 Å². The molecule has 0 spiro atoms. The Morgan fingerprint density at radius 2 is 1.44 bits per heavy atom. The van der Waals surface area contributed by atoms with Crippen molar-refractivity contribution in [2.24, 2.45) is 5.41 Å². The topological polar surface area (TPSA) is 218 Å². The molecule has 4 heterocycles. The number of carbonyl (C=O) groups is 5. The second-order valence-electron chi connectivity index (χ2n) is 24.4. The fourth-order valence-electron chi connectivity index (χ4n) is 12.4. The molecule has 0 saturated carbocycles. The summed E-state index contributed by atoms with van der Waals surface area (Å²) in [7, 11) is -11.0. The number of sulfone groups is 1. The van der Waals surface area contributed by atoms with E-state index in [1.165, 1.54) is 40.6 Å². The highest BCUT2D eigenvalue weighted by atomic mass is 35.5. The largest absolute Gasteiger partial charge is 0.501 e. The molecule has 18 nitrogen and oxygen atoms in total. The maximum atomic E-state index is 14.5. The summed E-state index contributed by atoms with van der Waals surface area (Å²) in [6.45, 7) is 13.3. The molecule has 1 aliphatic carbocycles. The molecule has 3 saturated heterocycles. The van der Waals surface area contributed by atoms with Gasteiger partial charge in [0.05, 0.1) is 21.7 Å². The van der Waals surface area contributed by atoms with Gasteiger partial charge in [0.1, 0.15) is 10.9 Å². The van der Waals surface area contributed by atoms with Gasteiger partial charge in [0.2, 0.25) is 11.8 Å². The lowest BCUT2D eigenvalue weighted by molar-refractivity contribution is -0.136. The number of thioether (sulfide) groups is 1. The van der Waals surface area contributed by atoms with Crippen molar-refractivity contribution in [1.82, 2.24) is 29.6 Å². The van der Waals surface area contributed by atoms with Crippen molar-refractivity contribution < 1.29 is 54.0 Å². The number of allylic oxidation sites excluding steroid dienone is 1. The van der Waals surface area contributed by atoms with Crippen LogP contribution in [0.1, 0.15) is 108 Å². The van der Waals surface area contributed by atoms with Crippen LogP contribution in [0.2, 0.25) is 5.02 Å². The number of sulfonamides is 1. The van der Waals surface area contributed by atoms with Gasteiger partial charge in [-0.15, -0.1) is 11.8 Å². The molecule has 25 heteroatoms. The second kappa shape index (κ2) is 28.4. The van der Waals surface area contributed by atoms with Gasteiger partial charge >= 0.3 is 5.51 Å². The number of unbranched alkanes of at least 4 members (excludes halogenated alkanes) is 2. The van der Waals surface area contributed by atoms with Crippen LogP contribution in [-0.4, -0.2) is 168 Å². The number of hydrogen-bond donors (Lipinski definition) is 4. The molecule has 5 amide bonds. The molecule has 480 valence electrons. The molecule has 4 N–H and O–H groups in total. The summed E-state index contributed by atoms with van der Waals surface area (Å²) in [5, 5.41) is 9.26. The van der Waals surface area contributed by atoms with Gasteiger partial charge in [-0.25, -0.2) is 21.6 Å². The number of hydrogen-bond acceptors (Lipinski definition) is 16. The Kier molecular flexibility index (Phi) is 20.9. The molecule has 3 fully saturated rings. The molecule has 2 atom stereocenters. The molecular weight excluding hydrogens is 1240 g/mol. The number of nitrogens with zero attached hydrogens (tertiary/aromatic N) is 5.